The van der Waals surface area contributed by atoms with Gasteiger partial charge in [-0.3, -0.25) is 9.71 Å². The van der Waals surface area contributed by atoms with Gasteiger partial charge in [0, 0.05) is 10.7 Å². The van der Waals surface area contributed by atoms with E-state index in [9.17, 15) is 12.8 Å². The smallest absolute Gasteiger partial charge is 0.264 e. The lowest BCUT2D eigenvalue weighted by molar-refractivity contribution is 0.598. The van der Waals surface area contributed by atoms with Crippen molar-refractivity contribution in [2.45, 2.75) is 4.90 Å². The molecule has 0 saturated carbocycles. The second-order valence-electron chi connectivity index (χ2n) is 3.94. The Bertz CT molecular complexity index is 812. The van der Waals surface area contributed by atoms with Crippen molar-refractivity contribution in [2.24, 2.45) is 5.73 Å². The molecule has 2 rings (SSSR count). The van der Waals surface area contributed by atoms with Gasteiger partial charge in [-0.05, 0) is 30.3 Å². The third kappa shape index (κ3) is 3.55. The van der Waals surface area contributed by atoms with Crippen LogP contribution in [0.2, 0.25) is 0 Å². The number of anilines is 1. The van der Waals surface area contributed by atoms with Gasteiger partial charge in [0.15, 0.2) is 0 Å². The highest BCUT2D eigenvalue weighted by atomic mass is 79.9. The third-order valence-corrected chi connectivity index (χ3v) is 4.55. The Morgan fingerprint density at radius 2 is 2.10 bits per heavy atom. The molecule has 0 aliphatic rings. The topological polar surface area (TPSA) is 85.1 Å². The van der Waals surface area contributed by atoms with Crippen LogP contribution in [0.4, 0.5) is 10.1 Å². The molecule has 1 aromatic heterocycles. The van der Waals surface area contributed by atoms with Gasteiger partial charge in [-0.25, -0.2) is 12.8 Å². The highest BCUT2D eigenvalue weighted by Crippen LogP contribution is 2.24. The van der Waals surface area contributed by atoms with Crippen molar-refractivity contribution >= 4 is 48.8 Å². The Hall–Kier alpha value is -1.58. The quantitative estimate of drug-likeness (QED) is 0.784. The van der Waals surface area contributed by atoms with Gasteiger partial charge in [0.05, 0.1) is 5.69 Å². The Morgan fingerprint density at radius 1 is 1.38 bits per heavy atom. The van der Waals surface area contributed by atoms with E-state index in [-0.39, 0.29) is 21.3 Å². The fourth-order valence-electron chi connectivity index (χ4n) is 1.57. The Kier molecular flexibility index (Phi) is 4.55. The fourth-order valence-corrected chi connectivity index (χ4v) is 3.39. The minimum atomic E-state index is -4.07. The summed E-state index contributed by atoms with van der Waals surface area (Å²) >= 11 is 7.91. The number of nitrogens with one attached hydrogen (secondary N) is 1. The largest absolute Gasteiger partial charge is 0.388 e. The Morgan fingerprint density at radius 3 is 2.76 bits per heavy atom. The molecule has 0 radical (unpaired) electrons. The van der Waals surface area contributed by atoms with Gasteiger partial charge < -0.3 is 5.73 Å². The minimum Gasteiger partial charge on any atom is -0.388 e. The summed E-state index contributed by atoms with van der Waals surface area (Å²) in [5.41, 5.74) is 5.22. The normalized spacial score (nSPS) is 11.1. The van der Waals surface area contributed by atoms with Crippen molar-refractivity contribution < 1.29 is 12.8 Å². The van der Waals surface area contributed by atoms with E-state index >= 15 is 0 Å². The van der Waals surface area contributed by atoms with E-state index < -0.39 is 15.8 Å². The molecule has 0 unspecified atom stereocenters. The molecule has 2 aromatic rings. The Labute approximate surface area is 134 Å². The number of benzene rings is 1. The van der Waals surface area contributed by atoms with Crippen LogP contribution < -0.4 is 10.5 Å². The number of nitrogens with zero attached hydrogens (tertiary/aromatic N) is 1. The molecule has 0 saturated heterocycles. The van der Waals surface area contributed by atoms with Crippen molar-refractivity contribution in [3.05, 3.63) is 52.5 Å². The fraction of sp³-hybridized carbons (Fsp3) is 0. The van der Waals surface area contributed by atoms with Crippen LogP contribution in [0.5, 0.6) is 0 Å². The first-order valence-electron chi connectivity index (χ1n) is 5.54. The van der Waals surface area contributed by atoms with Crippen molar-refractivity contribution in [2.75, 3.05) is 4.72 Å². The molecular weight excluding hydrogens is 381 g/mol. The zero-order valence-corrected chi connectivity index (χ0v) is 13.6. The number of hydrogen-bond donors (Lipinski definition) is 2. The third-order valence-electron chi connectivity index (χ3n) is 2.47. The average molecular weight is 390 g/mol. The lowest BCUT2D eigenvalue weighted by Crippen LogP contribution is -2.21. The van der Waals surface area contributed by atoms with Crippen molar-refractivity contribution in [3.8, 4) is 0 Å². The second-order valence-corrected chi connectivity index (χ2v) is 6.95. The summed E-state index contributed by atoms with van der Waals surface area (Å²) in [6, 6.07) is 6.62. The zero-order valence-electron chi connectivity index (χ0n) is 10.4. The SMILES string of the molecule is NC(=S)c1ncccc1S(=O)(=O)Nc1cc(Br)ccc1F. The second kappa shape index (κ2) is 6.04. The number of rotatable bonds is 4. The summed E-state index contributed by atoms with van der Waals surface area (Å²) in [7, 11) is -4.07. The molecule has 1 aromatic carbocycles. The first-order chi connectivity index (χ1) is 9.81. The monoisotopic (exact) mass is 389 g/mol. The van der Waals surface area contributed by atoms with Crippen molar-refractivity contribution in [3.63, 3.8) is 0 Å². The van der Waals surface area contributed by atoms with Crippen LogP contribution in [0.1, 0.15) is 5.69 Å². The van der Waals surface area contributed by atoms with E-state index in [0.717, 1.165) is 6.07 Å². The van der Waals surface area contributed by atoms with E-state index in [1.807, 2.05) is 0 Å². The average Bonchev–Trinajstić information content (AvgIpc) is 2.42. The van der Waals surface area contributed by atoms with E-state index in [1.165, 1.54) is 30.5 Å². The van der Waals surface area contributed by atoms with Gasteiger partial charge >= 0.3 is 0 Å². The number of sulfonamides is 1. The molecule has 110 valence electrons. The lowest BCUT2D eigenvalue weighted by Gasteiger charge is -2.11. The zero-order chi connectivity index (χ0) is 15.6. The number of nitrogens with two attached hydrogens (primary N) is 1. The van der Waals surface area contributed by atoms with Crippen LogP contribution in [0.3, 0.4) is 0 Å². The summed E-state index contributed by atoms with van der Waals surface area (Å²) in [6.07, 6.45) is 1.37. The van der Waals surface area contributed by atoms with Crippen LogP contribution in [-0.4, -0.2) is 18.4 Å². The molecule has 9 heteroatoms. The number of aromatic nitrogens is 1. The number of pyridine rings is 1. The van der Waals surface area contributed by atoms with Gasteiger partial charge in [-0.1, -0.05) is 28.1 Å². The van der Waals surface area contributed by atoms with Crippen molar-refractivity contribution in [1.82, 2.24) is 4.98 Å². The summed E-state index contributed by atoms with van der Waals surface area (Å²) in [4.78, 5) is 3.47. The molecule has 0 atom stereocenters. The lowest BCUT2D eigenvalue weighted by atomic mass is 10.3. The van der Waals surface area contributed by atoms with Crippen LogP contribution in [0, 0.1) is 5.82 Å². The van der Waals surface area contributed by atoms with E-state index in [1.54, 1.807) is 0 Å². The van der Waals surface area contributed by atoms with Gasteiger partial charge in [0.1, 0.15) is 21.4 Å². The molecule has 21 heavy (non-hydrogen) atoms. The molecule has 3 N–H and O–H groups in total. The molecular formula is C12H9BrFN3O2S2. The first kappa shape index (κ1) is 15.8. The maximum Gasteiger partial charge on any atom is 0.264 e. The first-order valence-corrected chi connectivity index (χ1v) is 8.22. The standard InChI is InChI=1S/C12H9BrFN3O2S2/c13-7-3-4-8(14)9(6-7)17-21(18,19)10-2-1-5-16-11(10)12(15)20/h1-6,17H,(H2,15,20). The van der Waals surface area contributed by atoms with Gasteiger partial charge in [-0.2, -0.15) is 0 Å². The van der Waals surface area contributed by atoms with Crippen LogP contribution in [0.25, 0.3) is 0 Å². The molecule has 0 fully saturated rings. The minimum absolute atomic E-state index is 0.0459. The summed E-state index contributed by atoms with van der Waals surface area (Å²) < 4.78 is 41.0. The van der Waals surface area contributed by atoms with E-state index in [4.69, 9.17) is 18.0 Å². The van der Waals surface area contributed by atoms with Crippen molar-refractivity contribution in [1.29, 1.82) is 0 Å². The molecule has 0 amide bonds. The highest BCUT2D eigenvalue weighted by Gasteiger charge is 2.22. The van der Waals surface area contributed by atoms with Crippen LogP contribution in [0.15, 0.2) is 45.9 Å². The van der Waals surface area contributed by atoms with Crippen LogP contribution in [-0.2, 0) is 10.0 Å². The Balaban J connectivity index is 2.49. The van der Waals surface area contributed by atoms with E-state index in [2.05, 4.69) is 25.6 Å². The highest BCUT2D eigenvalue weighted by molar-refractivity contribution is 9.10. The van der Waals surface area contributed by atoms with Crippen LogP contribution >= 0.6 is 28.1 Å². The predicted molar refractivity (Wildman–Crippen MR) is 85.0 cm³/mol. The molecule has 0 spiro atoms. The van der Waals surface area contributed by atoms with E-state index in [0.29, 0.717) is 4.47 Å². The molecule has 1 heterocycles. The summed E-state index contributed by atoms with van der Waals surface area (Å²) in [6.45, 7) is 0. The predicted octanol–water partition coefficient (Wildman–Crippen LogP) is 2.42. The number of hydrogen-bond acceptors (Lipinski definition) is 4. The molecule has 0 aliphatic heterocycles. The summed E-state index contributed by atoms with van der Waals surface area (Å²) in [5, 5.41) is 0. The maximum absolute atomic E-state index is 13.7. The molecule has 5 nitrogen and oxygen atoms in total. The van der Waals surface area contributed by atoms with Gasteiger partial charge in [-0.15, -0.1) is 0 Å². The molecule has 0 aliphatic carbocycles. The number of thiocarbonyl (C=S) groups is 1. The summed E-state index contributed by atoms with van der Waals surface area (Å²) in [5.74, 6) is -0.706. The van der Waals surface area contributed by atoms with Gasteiger partial charge in [0.25, 0.3) is 10.0 Å². The van der Waals surface area contributed by atoms with Gasteiger partial charge in [0.2, 0.25) is 0 Å². The molecule has 0 bridgehead atoms. The number of halogens is 2. The maximum atomic E-state index is 13.7.